The Morgan fingerprint density at radius 3 is 2.32 bits per heavy atom. The minimum absolute atomic E-state index is 0.0278. The van der Waals surface area contributed by atoms with Crippen LogP contribution < -0.4 is 4.74 Å². The van der Waals surface area contributed by atoms with Gasteiger partial charge in [0.15, 0.2) is 0 Å². The number of hydrogen-bond acceptors (Lipinski definition) is 2. The number of fused-ring (bicyclic) bond motifs is 1. The summed E-state index contributed by atoms with van der Waals surface area (Å²) in [5.74, 6) is 1.91. The molecule has 0 bridgehead atoms. The van der Waals surface area contributed by atoms with Crippen molar-refractivity contribution in [3.05, 3.63) is 30.0 Å². The van der Waals surface area contributed by atoms with Crippen LogP contribution in [0.25, 0.3) is 11.0 Å². The smallest absolute Gasteiger partial charge is 0.137 e. The first-order chi connectivity index (χ1) is 10.0. The minimum atomic E-state index is 0.0278. The quantitative estimate of drug-likeness (QED) is 0.659. The van der Waals surface area contributed by atoms with Gasteiger partial charge in [0.2, 0.25) is 0 Å². The molecule has 0 fully saturated rings. The van der Waals surface area contributed by atoms with Crippen LogP contribution in [0, 0.1) is 5.41 Å². The highest BCUT2D eigenvalue weighted by Crippen LogP contribution is 2.31. The lowest BCUT2D eigenvalue weighted by Gasteiger charge is -2.21. The molecular formula is C20H30O2. The molecule has 2 heteroatoms. The normalized spacial score (nSPS) is 14.3. The zero-order valence-electron chi connectivity index (χ0n) is 15.1. The Morgan fingerprint density at radius 1 is 1.05 bits per heavy atom. The average Bonchev–Trinajstić information content (AvgIpc) is 2.78. The van der Waals surface area contributed by atoms with Crippen molar-refractivity contribution in [3.8, 4) is 5.75 Å². The van der Waals surface area contributed by atoms with Gasteiger partial charge in [0.05, 0.1) is 6.10 Å². The Kier molecular flexibility index (Phi) is 4.60. The van der Waals surface area contributed by atoms with Gasteiger partial charge in [0.25, 0.3) is 0 Å². The van der Waals surface area contributed by atoms with E-state index in [1.807, 2.05) is 12.1 Å². The first-order valence-electron chi connectivity index (χ1n) is 8.25. The maximum atomic E-state index is 6.05. The van der Waals surface area contributed by atoms with Gasteiger partial charge < -0.3 is 9.15 Å². The third-order valence-corrected chi connectivity index (χ3v) is 3.87. The lowest BCUT2D eigenvalue weighted by Crippen LogP contribution is -2.16. The lowest BCUT2D eigenvalue weighted by atomic mass is 9.89. The molecule has 22 heavy (non-hydrogen) atoms. The molecule has 1 heterocycles. The summed E-state index contributed by atoms with van der Waals surface area (Å²) in [7, 11) is 0. The fraction of sp³-hybridized carbons (Fsp3) is 0.600. The molecule has 122 valence electrons. The third-order valence-electron chi connectivity index (χ3n) is 3.87. The number of rotatable bonds is 4. The van der Waals surface area contributed by atoms with E-state index in [0.717, 1.165) is 35.3 Å². The van der Waals surface area contributed by atoms with E-state index in [0.29, 0.717) is 5.41 Å². The van der Waals surface area contributed by atoms with Gasteiger partial charge in [-0.3, -0.25) is 0 Å². The molecule has 0 radical (unpaired) electrons. The van der Waals surface area contributed by atoms with Crippen molar-refractivity contribution in [1.29, 1.82) is 0 Å². The molecule has 0 spiro atoms. The molecule has 1 aromatic carbocycles. The maximum absolute atomic E-state index is 6.05. The molecule has 1 atom stereocenters. The van der Waals surface area contributed by atoms with Crippen LogP contribution in [-0.2, 0) is 5.41 Å². The zero-order valence-corrected chi connectivity index (χ0v) is 15.1. The molecule has 0 saturated carbocycles. The molecular weight excluding hydrogens is 272 g/mol. The van der Waals surface area contributed by atoms with Crippen molar-refractivity contribution in [1.82, 2.24) is 0 Å². The Bertz CT molecular complexity index is 623. The predicted molar refractivity (Wildman–Crippen MR) is 93.7 cm³/mol. The SMILES string of the molecule is CC(CCC(C)(C)C)Oc1ccc2cc(C(C)(C)C)oc2c1. The second kappa shape index (κ2) is 5.98. The molecule has 0 N–H and O–H groups in total. The van der Waals surface area contributed by atoms with E-state index in [9.17, 15) is 0 Å². The fourth-order valence-electron chi connectivity index (χ4n) is 2.38. The maximum Gasteiger partial charge on any atom is 0.137 e. The molecule has 0 saturated heterocycles. The van der Waals surface area contributed by atoms with Crippen molar-refractivity contribution >= 4 is 11.0 Å². The highest BCUT2D eigenvalue weighted by Gasteiger charge is 2.19. The van der Waals surface area contributed by atoms with Crippen LogP contribution in [-0.4, -0.2) is 6.10 Å². The Morgan fingerprint density at radius 2 is 1.73 bits per heavy atom. The third kappa shape index (κ3) is 4.53. The Balaban J connectivity index is 2.09. The average molecular weight is 302 g/mol. The van der Waals surface area contributed by atoms with E-state index in [1.54, 1.807) is 0 Å². The summed E-state index contributed by atoms with van der Waals surface area (Å²) in [6.45, 7) is 15.4. The number of hydrogen-bond donors (Lipinski definition) is 0. The van der Waals surface area contributed by atoms with Gasteiger partial charge in [-0.2, -0.15) is 0 Å². The van der Waals surface area contributed by atoms with E-state index < -0.39 is 0 Å². The monoisotopic (exact) mass is 302 g/mol. The van der Waals surface area contributed by atoms with E-state index in [-0.39, 0.29) is 11.5 Å². The molecule has 0 amide bonds. The molecule has 0 aliphatic heterocycles. The minimum Gasteiger partial charge on any atom is -0.491 e. The summed E-state index contributed by atoms with van der Waals surface area (Å²) in [4.78, 5) is 0. The largest absolute Gasteiger partial charge is 0.491 e. The molecule has 1 aromatic heterocycles. The van der Waals surface area contributed by atoms with Crippen molar-refractivity contribution in [3.63, 3.8) is 0 Å². The van der Waals surface area contributed by atoms with Gasteiger partial charge in [-0.1, -0.05) is 41.5 Å². The first-order valence-corrected chi connectivity index (χ1v) is 8.25. The van der Waals surface area contributed by atoms with Crippen LogP contribution in [0.3, 0.4) is 0 Å². The van der Waals surface area contributed by atoms with Gasteiger partial charge >= 0.3 is 0 Å². The van der Waals surface area contributed by atoms with Crippen LogP contribution in [0.4, 0.5) is 0 Å². The fourth-order valence-corrected chi connectivity index (χ4v) is 2.38. The lowest BCUT2D eigenvalue weighted by molar-refractivity contribution is 0.187. The van der Waals surface area contributed by atoms with E-state index >= 15 is 0 Å². The summed E-state index contributed by atoms with van der Waals surface area (Å²) >= 11 is 0. The van der Waals surface area contributed by atoms with Gasteiger partial charge in [-0.25, -0.2) is 0 Å². The molecule has 2 aromatic rings. The second-order valence-corrected chi connectivity index (χ2v) is 8.59. The summed E-state index contributed by atoms with van der Waals surface area (Å²) in [5.41, 5.74) is 1.29. The van der Waals surface area contributed by atoms with Crippen LogP contribution >= 0.6 is 0 Å². The highest BCUT2D eigenvalue weighted by molar-refractivity contribution is 5.79. The van der Waals surface area contributed by atoms with Gasteiger partial charge in [0, 0.05) is 16.9 Å². The predicted octanol–water partition coefficient (Wildman–Crippen LogP) is 6.32. The number of ether oxygens (including phenoxy) is 1. The molecule has 0 aliphatic rings. The van der Waals surface area contributed by atoms with Crippen LogP contribution in [0.15, 0.2) is 28.7 Å². The summed E-state index contributed by atoms with van der Waals surface area (Å²) < 4.78 is 12.0. The summed E-state index contributed by atoms with van der Waals surface area (Å²) in [6.07, 6.45) is 2.44. The van der Waals surface area contributed by atoms with Crippen molar-refractivity contribution in [2.24, 2.45) is 5.41 Å². The van der Waals surface area contributed by atoms with Gasteiger partial charge in [-0.05, 0) is 43.4 Å². The summed E-state index contributed by atoms with van der Waals surface area (Å²) in [6, 6.07) is 8.26. The molecule has 0 aliphatic carbocycles. The van der Waals surface area contributed by atoms with Crippen LogP contribution in [0.2, 0.25) is 0 Å². The van der Waals surface area contributed by atoms with Gasteiger partial charge in [0.1, 0.15) is 17.1 Å². The van der Waals surface area contributed by atoms with E-state index in [2.05, 4.69) is 60.6 Å². The van der Waals surface area contributed by atoms with Crippen LogP contribution in [0.1, 0.15) is 67.1 Å². The number of benzene rings is 1. The Hall–Kier alpha value is -1.44. The summed E-state index contributed by atoms with van der Waals surface area (Å²) in [5, 5.41) is 1.14. The molecule has 2 nitrogen and oxygen atoms in total. The van der Waals surface area contributed by atoms with E-state index in [1.165, 1.54) is 0 Å². The topological polar surface area (TPSA) is 22.4 Å². The van der Waals surface area contributed by atoms with Crippen molar-refractivity contribution < 1.29 is 9.15 Å². The first kappa shape index (κ1) is 16.9. The molecule has 1 unspecified atom stereocenters. The zero-order chi connectivity index (χ0) is 16.5. The molecule has 2 rings (SSSR count). The Labute approximate surface area is 134 Å². The second-order valence-electron chi connectivity index (χ2n) is 8.59. The van der Waals surface area contributed by atoms with Crippen molar-refractivity contribution in [2.45, 2.75) is 72.8 Å². The van der Waals surface area contributed by atoms with Crippen molar-refractivity contribution in [2.75, 3.05) is 0 Å². The highest BCUT2D eigenvalue weighted by atomic mass is 16.5. The van der Waals surface area contributed by atoms with E-state index in [4.69, 9.17) is 9.15 Å². The van der Waals surface area contributed by atoms with Gasteiger partial charge in [-0.15, -0.1) is 0 Å². The standard InChI is InChI=1S/C20H30O2/c1-14(10-11-19(2,3)4)21-16-9-8-15-12-18(20(5,6)7)22-17(15)13-16/h8-9,12-14H,10-11H2,1-7H3. The van der Waals surface area contributed by atoms with Crippen LogP contribution in [0.5, 0.6) is 5.75 Å². The number of furan rings is 1.